The SMILES string of the molecule is CCNc1cncc(N(C)C2CCOCC2)n1. The van der Waals surface area contributed by atoms with Crippen LogP contribution in [0.2, 0.25) is 0 Å². The number of nitrogens with one attached hydrogen (secondary N) is 1. The van der Waals surface area contributed by atoms with Crippen molar-refractivity contribution in [1.29, 1.82) is 0 Å². The lowest BCUT2D eigenvalue weighted by atomic mass is 10.1. The van der Waals surface area contributed by atoms with E-state index in [4.69, 9.17) is 4.74 Å². The van der Waals surface area contributed by atoms with Gasteiger partial charge in [0.05, 0.1) is 12.4 Å². The highest BCUT2D eigenvalue weighted by atomic mass is 16.5. The zero-order chi connectivity index (χ0) is 12.1. The van der Waals surface area contributed by atoms with Crippen molar-refractivity contribution in [3.05, 3.63) is 12.4 Å². The lowest BCUT2D eigenvalue weighted by Crippen LogP contribution is -2.37. The van der Waals surface area contributed by atoms with Gasteiger partial charge >= 0.3 is 0 Å². The van der Waals surface area contributed by atoms with Gasteiger partial charge in [-0.15, -0.1) is 0 Å². The van der Waals surface area contributed by atoms with Gasteiger partial charge in [-0.2, -0.15) is 0 Å². The third-order valence-corrected chi connectivity index (χ3v) is 3.08. The largest absolute Gasteiger partial charge is 0.381 e. The first-order valence-electron chi connectivity index (χ1n) is 6.17. The second-order valence-corrected chi connectivity index (χ2v) is 4.25. The van der Waals surface area contributed by atoms with Crippen LogP contribution in [0, 0.1) is 0 Å². The molecule has 1 N–H and O–H groups in total. The third kappa shape index (κ3) is 3.06. The Labute approximate surface area is 102 Å². The molecule has 0 spiro atoms. The van der Waals surface area contributed by atoms with E-state index in [-0.39, 0.29) is 0 Å². The van der Waals surface area contributed by atoms with Gasteiger partial charge in [0.25, 0.3) is 0 Å². The van der Waals surface area contributed by atoms with Crippen LogP contribution in [-0.2, 0) is 4.74 Å². The van der Waals surface area contributed by atoms with E-state index in [1.807, 2.05) is 6.20 Å². The molecule has 0 aromatic carbocycles. The van der Waals surface area contributed by atoms with Crippen LogP contribution in [0.25, 0.3) is 0 Å². The summed E-state index contributed by atoms with van der Waals surface area (Å²) in [6.45, 7) is 4.60. The van der Waals surface area contributed by atoms with E-state index in [0.717, 1.165) is 44.2 Å². The highest BCUT2D eigenvalue weighted by Crippen LogP contribution is 2.19. The summed E-state index contributed by atoms with van der Waals surface area (Å²) < 4.78 is 5.37. The molecule has 0 unspecified atom stereocenters. The van der Waals surface area contributed by atoms with E-state index < -0.39 is 0 Å². The molecule has 0 bridgehead atoms. The van der Waals surface area contributed by atoms with Gasteiger partial charge in [0.2, 0.25) is 0 Å². The van der Waals surface area contributed by atoms with E-state index in [1.54, 1.807) is 6.20 Å². The van der Waals surface area contributed by atoms with Crippen molar-refractivity contribution >= 4 is 11.6 Å². The van der Waals surface area contributed by atoms with E-state index in [2.05, 4.69) is 34.2 Å². The maximum Gasteiger partial charge on any atom is 0.149 e. The zero-order valence-corrected chi connectivity index (χ0v) is 10.5. The molecule has 0 atom stereocenters. The summed E-state index contributed by atoms with van der Waals surface area (Å²) in [6.07, 6.45) is 5.69. The smallest absolute Gasteiger partial charge is 0.149 e. The molecule has 1 aliphatic heterocycles. The van der Waals surface area contributed by atoms with Crippen LogP contribution in [0.4, 0.5) is 11.6 Å². The topological polar surface area (TPSA) is 50.3 Å². The average molecular weight is 236 g/mol. The number of anilines is 2. The molecule has 5 heteroatoms. The van der Waals surface area contributed by atoms with Gasteiger partial charge in [-0.05, 0) is 19.8 Å². The predicted molar refractivity (Wildman–Crippen MR) is 68.4 cm³/mol. The van der Waals surface area contributed by atoms with Crippen LogP contribution in [-0.4, -0.2) is 42.8 Å². The maximum absolute atomic E-state index is 5.37. The Bertz CT molecular complexity index is 352. The molecular formula is C12H20N4O. The molecule has 1 fully saturated rings. The molecule has 2 heterocycles. The van der Waals surface area contributed by atoms with Gasteiger partial charge in [-0.3, -0.25) is 4.98 Å². The molecule has 0 aliphatic carbocycles. The number of nitrogens with zero attached hydrogens (tertiary/aromatic N) is 3. The number of hydrogen-bond acceptors (Lipinski definition) is 5. The van der Waals surface area contributed by atoms with Gasteiger partial charge in [0.15, 0.2) is 0 Å². The van der Waals surface area contributed by atoms with E-state index in [1.165, 1.54) is 0 Å². The molecule has 5 nitrogen and oxygen atoms in total. The monoisotopic (exact) mass is 236 g/mol. The Morgan fingerprint density at radius 2 is 2.18 bits per heavy atom. The standard InChI is InChI=1S/C12H20N4O/c1-3-14-11-8-13-9-12(15-11)16(2)10-4-6-17-7-5-10/h8-10H,3-7H2,1-2H3,(H,14,15). The Morgan fingerprint density at radius 1 is 1.41 bits per heavy atom. The number of ether oxygens (including phenoxy) is 1. The molecule has 94 valence electrons. The Hall–Kier alpha value is -1.36. The normalized spacial score (nSPS) is 16.8. The molecule has 1 aromatic rings. The summed E-state index contributed by atoms with van der Waals surface area (Å²) in [5.74, 6) is 1.76. The maximum atomic E-state index is 5.37. The first kappa shape index (κ1) is 12.1. The lowest BCUT2D eigenvalue weighted by molar-refractivity contribution is 0.0853. The van der Waals surface area contributed by atoms with Crippen LogP contribution in [0.15, 0.2) is 12.4 Å². The average Bonchev–Trinajstić information content (AvgIpc) is 2.40. The van der Waals surface area contributed by atoms with Crippen molar-refractivity contribution in [1.82, 2.24) is 9.97 Å². The second kappa shape index (κ2) is 5.82. The highest BCUT2D eigenvalue weighted by Gasteiger charge is 2.19. The molecule has 17 heavy (non-hydrogen) atoms. The molecule has 0 amide bonds. The predicted octanol–water partition coefficient (Wildman–Crippen LogP) is 1.52. The van der Waals surface area contributed by atoms with Gasteiger partial charge in [-0.25, -0.2) is 4.98 Å². The fraction of sp³-hybridized carbons (Fsp3) is 0.667. The summed E-state index contributed by atoms with van der Waals surface area (Å²) in [4.78, 5) is 11.0. The molecule has 0 saturated carbocycles. The van der Waals surface area contributed by atoms with Crippen LogP contribution in [0.1, 0.15) is 19.8 Å². The first-order chi connectivity index (χ1) is 8.31. The van der Waals surface area contributed by atoms with Gasteiger partial charge in [-0.1, -0.05) is 0 Å². The van der Waals surface area contributed by atoms with Gasteiger partial charge < -0.3 is 15.0 Å². The van der Waals surface area contributed by atoms with Gasteiger partial charge in [0.1, 0.15) is 11.6 Å². The Balaban J connectivity index is 2.06. The Kier molecular flexibility index (Phi) is 4.14. The minimum Gasteiger partial charge on any atom is -0.381 e. The van der Waals surface area contributed by atoms with E-state index >= 15 is 0 Å². The van der Waals surface area contributed by atoms with Gasteiger partial charge in [0, 0.05) is 32.8 Å². The summed E-state index contributed by atoms with van der Waals surface area (Å²) >= 11 is 0. The van der Waals surface area contributed by atoms with Crippen molar-refractivity contribution in [2.75, 3.05) is 37.0 Å². The number of aromatic nitrogens is 2. The molecular weight excluding hydrogens is 216 g/mol. The second-order valence-electron chi connectivity index (χ2n) is 4.25. The fourth-order valence-electron chi connectivity index (χ4n) is 2.05. The number of rotatable bonds is 4. The summed E-state index contributed by atoms with van der Waals surface area (Å²) in [5.41, 5.74) is 0. The fourth-order valence-corrected chi connectivity index (χ4v) is 2.05. The summed E-state index contributed by atoms with van der Waals surface area (Å²) in [5, 5.41) is 3.18. The molecule has 2 rings (SSSR count). The minimum atomic E-state index is 0.509. The molecule has 1 aromatic heterocycles. The summed E-state index contributed by atoms with van der Waals surface area (Å²) in [6, 6.07) is 0.509. The van der Waals surface area contributed by atoms with Crippen LogP contribution >= 0.6 is 0 Å². The van der Waals surface area contributed by atoms with Crippen LogP contribution in [0.3, 0.4) is 0 Å². The van der Waals surface area contributed by atoms with Crippen molar-refractivity contribution < 1.29 is 4.74 Å². The van der Waals surface area contributed by atoms with E-state index in [0.29, 0.717) is 6.04 Å². The van der Waals surface area contributed by atoms with Crippen molar-refractivity contribution in [2.45, 2.75) is 25.8 Å². The lowest BCUT2D eigenvalue weighted by Gasteiger charge is -2.31. The van der Waals surface area contributed by atoms with Crippen molar-refractivity contribution in [3.8, 4) is 0 Å². The molecule has 1 aliphatic rings. The molecule has 1 saturated heterocycles. The number of hydrogen-bond donors (Lipinski definition) is 1. The third-order valence-electron chi connectivity index (χ3n) is 3.08. The first-order valence-corrected chi connectivity index (χ1v) is 6.17. The summed E-state index contributed by atoms with van der Waals surface area (Å²) in [7, 11) is 2.08. The zero-order valence-electron chi connectivity index (χ0n) is 10.5. The van der Waals surface area contributed by atoms with Crippen molar-refractivity contribution in [2.24, 2.45) is 0 Å². The molecule has 0 radical (unpaired) electrons. The highest BCUT2D eigenvalue weighted by molar-refractivity contribution is 5.43. The quantitative estimate of drug-likeness (QED) is 0.859. The van der Waals surface area contributed by atoms with Crippen LogP contribution < -0.4 is 10.2 Å². The minimum absolute atomic E-state index is 0.509. The van der Waals surface area contributed by atoms with E-state index in [9.17, 15) is 0 Å². The van der Waals surface area contributed by atoms with Crippen LogP contribution in [0.5, 0.6) is 0 Å². The Morgan fingerprint density at radius 3 is 2.88 bits per heavy atom. The van der Waals surface area contributed by atoms with Crippen molar-refractivity contribution in [3.63, 3.8) is 0 Å².